The van der Waals surface area contributed by atoms with Crippen LogP contribution >= 0.6 is 0 Å². The molecule has 0 radical (unpaired) electrons. The quantitative estimate of drug-likeness (QED) is 0.773. The number of fused-ring (bicyclic) bond motifs is 2. The summed E-state index contributed by atoms with van der Waals surface area (Å²) in [5.41, 5.74) is 0. The molecule has 2 N–H and O–H groups in total. The lowest BCUT2D eigenvalue weighted by atomic mass is 9.86. The summed E-state index contributed by atoms with van der Waals surface area (Å²) in [5, 5.41) is 12.7. The van der Waals surface area contributed by atoms with Crippen LogP contribution in [0.25, 0.3) is 0 Å². The monoisotopic (exact) mass is 280 g/mol. The smallest absolute Gasteiger partial charge is 0.222 e. The van der Waals surface area contributed by atoms with Crippen molar-refractivity contribution in [1.29, 1.82) is 0 Å². The third kappa shape index (κ3) is 3.17. The minimum atomic E-state index is 0.0786. The SMILES string of the molecule is O=C(CC1CC2CCC1C2)N(CCO)CC1CCCN1. The normalized spacial score (nSPS) is 35.6. The van der Waals surface area contributed by atoms with E-state index in [-0.39, 0.29) is 12.5 Å². The van der Waals surface area contributed by atoms with Crippen molar-refractivity contribution in [1.82, 2.24) is 10.2 Å². The van der Waals surface area contributed by atoms with Crippen LogP contribution in [0.4, 0.5) is 0 Å². The highest BCUT2D eigenvalue weighted by atomic mass is 16.3. The zero-order valence-electron chi connectivity index (χ0n) is 12.4. The van der Waals surface area contributed by atoms with E-state index in [2.05, 4.69) is 5.32 Å². The molecule has 114 valence electrons. The molecule has 0 aromatic rings. The summed E-state index contributed by atoms with van der Waals surface area (Å²) in [5.74, 6) is 2.61. The fourth-order valence-corrected chi connectivity index (χ4v) is 4.60. The van der Waals surface area contributed by atoms with Crippen molar-refractivity contribution in [3.8, 4) is 0 Å². The maximum Gasteiger partial charge on any atom is 0.222 e. The van der Waals surface area contributed by atoms with Crippen LogP contribution in [-0.4, -0.2) is 48.2 Å². The molecule has 0 aromatic carbocycles. The molecule has 1 heterocycles. The lowest BCUT2D eigenvalue weighted by Crippen LogP contribution is -2.43. The van der Waals surface area contributed by atoms with Crippen molar-refractivity contribution in [3.05, 3.63) is 0 Å². The van der Waals surface area contributed by atoms with Gasteiger partial charge in [0.2, 0.25) is 5.91 Å². The van der Waals surface area contributed by atoms with Crippen LogP contribution in [0.1, 0.15) is 44.9 Å². The maximum absolute atomic E-state index is 12.5. The van der Waals surface area contributed by atoms with E-state index in [4.69, 9.17) is 0 Å². The second kappa shape index (κ2) is 6.44. The van der Waals surface area contributed by atoms with Gasteiger partial charge >= 0.3 is 0 Å². The van der Waals surface area contributed by atoms with E-state index in [1.54, 1.807) is 0 Å². The van der Waals surface area contributed by atoms with Crippen LogP contribution < -0.4 is 5.32 Å². The fourth-order valence-electron chi connectivity index (χ4n) is 4.60. The number of nitrogens with zero attached hydrogens (tertiary/aromatic N) is 1. The van der Waals surface area contributed by atoms with Gasteiger partial charge in [-0.15, -0.1) is 0 Å². The Morgan fingerprint density at radius 2 is 2.15 bits per heavy atom. The van der Waals surface area contributed by atoms with Gasteiger partial charge in [-0.25, -0.2) is 0 Å². The maximum atomic E-state index is 12.5. The third-order valence-corrected chi connectivity index (χ3v) is 5.65. The van der Waals surface area contributed by atoms with Gasteiger partial charge in [0.1, 0.15) is 0 Å². The Balaban J connectivity index is 1.51. The molecule has 3 fully saturated rings. The van der Waals surface area contributed by atoms with Crippen LogP contribution in [0.5, 0.6) is 0 Å². The van der Waals surface area contributed by atoms with Crippen LogP contribution in [0.3, 0.4) is 0 Å². The fraction of sp³-hybridized carbons (Fsp3) is 0.938. The average molecular weight is 280 g/mol. The Morgan fingerprint density at radius 1 is 1.25 bits per heavy atom. The van der Waals surface area contributed by atoms with Crippen molar-refractivity contribution in [2.24, 2.45) is 17.8 Å². The first kappa shape index (κ1) is 14.3. The number of hydrogen-bond acceptors (Lipinski definition) is 3. The lowest BCUT2D eigenvalue weighted by Gasteiger charge is -2.28. The Labute approximate surface area is 121 Å². The molecule has 1 aliphatic heterocycles. The predicted octanol–water partition coefficient (Wildman–Crippen LogP) is 1.39. The Morgan fingerprint density at radius 3 is 2.75 bits per heavy atom. The molecule has 3 rings (SSSR count). The number of nitrogens with one attached hydrogen (secondary N) is 1. The number of aliphatic hydroxyl groups is 1. The molecule has 4 heteroatoms. The Bertz CT molecular complexity index is 341. The second-order valence-corrected chi connectivity index (χ2v) is 7.00. The van der Waals surface area contributed by atoms with Gasteiger partial charge in [0.15, 0.2) is 0 Å². The van der Waals surface area contributed by atoms with Gasteiger partial charge in [-0.1, -0.05) is 6.42 Å². The summed E-state index contributed by atoms with van der Waals surface area (Å²) < 4.78 is 0. The number of carbonyl (C=O) groups excluding carboxylic acids is 1. The number of rotatable bonds is 6. The van der Waals surface area contributed by atoms with Gasteiger partial charge in [0.05, 0.1) is 6.61 Å². The summed E-state index contributed by atoms with van der Waals surface area (Å²) in [6.07, 6.45) is 8.44. The first-order valence-electron chi connectivity index (χ1n) is 8.38. The number of amides is 1. The second-order valence-electron chi connectivity index (χ2n) is 7.00. The molecule has 2 saturated carbocycles. The van der Waals surface area contributed by atoms with E-state index in [9.17, 15) is 9.90 Å². The van der Waals surface area contributed by atoms with Gasteiger partial charge < -0.3 is 15.3 Å². The summed E-state index contributed by atoms with van der Waals surface area (Å²) >= 11 is 0. The van der Waals surface area contributed by atoms with Crippen molar-refractivity contribution < 1.29 is 9.90 Å². The summed E-state index contributed by atoms with van der Waals surface area (Å²) in [4.78, 5) is 14.4. The van der Waals surface area contributed by atoms with Crippen molar-refractivity contribution in [3.63, 3.8) is 0 Å². The molecule has 1 amide bonds. The van der Waals surface area contributed by atoms with E-state index >= 15 is 0 Å². The molecular weight excluding hydrogens is 252 g/mol. The van der Waals surface area contributed by atoms with Gasteiger partial charge in [-0.3, -0.25) is 4.79 Å². The minimum Gasteiger partial charge on any atom is -0.395 e. The predicted molar refractivity (Wildman–Crippen MR) is 78.2 cm³/mol. The van der Waals surface area contributed by atoms with Crippen molar-refractivity contribution in [2.75, 3.05) is 26.2 Å². The Kier molecular flexibility index (Phi) is 4.61. The van der Waals surface area contributed by atoms with Crippen molar-refractivity contribution in [2.45, 2.75) is 51.0 Å². The third-order valence-electron chi connectivity index (χ3n) is 5.65. The van der Waals surface area contributed by atoms with E-state index in [0.29, 0.717) is 24.9 Å². The molecule has 2 bridgehead atoms. The average Bonchev–Trinajstić information content (AvgIpc) is 3.15. The highest BCUT2D eigenvalue weighted by Gasteiger charge is 2.40. The molecule has 2 aliphatic carbocycles. The first-order valence-corrected chi connectivity index (χ1v) is 8.38. The highest BCUT2D eigenvalue weighted by Crippen LogP contribution is 2.49. The standard InChI is InChI=1S/C16H28N2O2/c19-7-6-18(11-15-2-1-5-17-15)16(20)10-14-9-12-3-4-13(14)8-12/h12-15,17,19H,1-11H2. The highest BCUT2D eigenvalue weighted by molar-refractivity contribution is 5.76. The first-order chi connectivity index (χ1) is 9.76. The van der Waals surface area contributed by atoms with Crippen LogP contribution in [0.2, 0.25) is 0 Å². The molecule has 20 heavy (non-hydrogen) atoms. The molecule has 0 aromatic heterocycles. The van der Waals surface area contributed by atoms with Crippen LogP contribution in [0, 0.1) is 17.8 Å². The molecule has 0 spiro atoms. The van der Waals surface area contributed by atoms with Gasteiger partial charge in [0.25, 0.3) is 0 Å². The van der Waals surface area contributed by atoms with Gasteiger partial charge in [0, 0.05) is 25.6 Å². The minimum absolute atomic E-state index is 0.0786. The molecule has 4 nitrogen and oxygen atoms in total. The number of aliphatic hydroxyl groups excluding tert-OH is 1. The van der Waals surface area contributed by atoms with Crippen LogP contribution in [0.15, 0.2) is 0 Å². The molecule has 4 unspecified atom stereocenters. The summed E-state index contributed by atoms with van der Waals surface area (Å²) in [6, 6.07) is 0.436. The molecular formula is C16H28N2O2. The van der Waals surface area contributed by atoms with E-state index < -0.39 is 0 Å². The zero-order chi connectivity index (χ0) is 13.9. The van der Waals surface area contributed by atoms with E-state index in [1.165, 1.54) is 32.1 Å². The number of hydrogen-bond donors (Lipinski definition) is 2. The zero-order valence-corrected chi connectivity index (χ0v) is 12.4. The molecule has 3 aliphatic rings. The Hall–Kier alpha value is -0.610. The summed E-state index contributed by atoms with van der Waals surface area (Å²) in [7, 11) is 0. The topological polar surface area (TPSA) is 52.6 Å². The molecule has 1 saturated heterocycles. The van der Waals surface area contributed by atoms with E-state index in [1.807, 2.05) is 4.90 Å². The van der Waals surface area contributed by atoms with Crippen molar-refractivity contribution >= 4 is 5.91 Å². The largest absolute Gasteiger partial charge is 0.395 e. The lowest BCUT2D eigenvalue weighted by molar-refractivity contribution is -0.133. The van der Waals surface area contributed by atoms with E-state index in [0.717, 1.165) is 31.3 Å². The van der Waals surface area contributed by atoms with Gasteiger partial charge in [-0.05, 0) is 56.4 Å². The summed E-state index contributed by atoms with van der Waals surface area (Å²) in [6.45, 7) is 2.42. The van der Waals surface area contributed by atoms with Gasteiger partial charge in [-0.2, -0.15) is 0 Å². The molecule has 4 atom stereocenters. The van der Waals surface area contributed by atoms with Crippen LogP contribution in [-0.2, 0) is 4.79 Å². The number of carbonyl (C=O) groups is 1.